The van der Waals surface area contributed by atoms with Crippen LogP contribution < -0.4 is 5.32 Å². The minimum absolute atomic E-state index is 0.0676. The Hall–Kier alpha value is -1.65. The summed E-state index contributed by atoms with van der Waals surface area (Å²) in [7, 11) is 1.98. The molecule has 1 aromatic heterocycles. The van der Waals surface area contributed by atoms with Gasteiger partial charge in [0.05, 0.1) is 12.6 Å². The van der Waals surface area contributed by atoms with Gasteiger partial charge < -0.3 is 5.32 Å². The molecule has 2 rings (SSSR count). The van der Waals surface area contributed by atoms with Crippen LogP contribution in [0.25, 0.3) is 0 Å². The number of rotatable bonds is 6. The van der Waals surface area contributed by atoms with E-state index in [4.69, 9.17) is 0 Å². The molecule has 112 valence electrons. The van der Waals surface area contributed by atoms with Crippen molar-refractivity contribution >= 4 is 17.2 Å². The number of thiophene rings is 1. The zero-order chi connectivity index (χ0) is 15.2. The Kier molecular flexibility index (Phi) is 5.53. The van der Waals surface area contributed by atoms with Gasteiger partial charge in [-0.25, -0.2) is 0 Å². The summed E-state index contributed by atoms with van der Waals surface area (Å²) < 4.78 is 0. The molecule has 1 unspecified atom stereocenters. The topological polar surface area (TPSA) is 32.3 Å². The van der Waals surface area contributed by atoms with Gasteiger partial charge in [-0.05, 0) is 37.9 Å². The lowest BCUT2D eigenvalue weighted by molar-refractivity contribution is -0.125. The van der Waals surface area contributed by atoms with Crippen LogP contribution in [0.3, 0.4) is 0 Å². The van der Waals surface area contributed by atoms with Crippen molar-refractivity contribution in [1.29, 1.82) is 0 Å². The highest BCUT2D eigenvalue weighted by Crippen LogP contribution is 2.10. The molecule has 1 amide bonds. The summed E-state index contributed by atoms with van der Waals surface area (Å²) in [5, 5.41) is 5.01. The molecular formula is C17H22N2OS. The van der Waals surface area contributed by atoms with Gasteiger partial charge in [0.15, 0.2) is 0 Å². The Morgan fingerprint density at radius 1 is 1.29 bits per heavy atom. The van der Waals surface area contributed by atoms with Gasteiger partial charge in [-0.2, -0.15) is 0 Å². The number of nitrogens with one attached hydrogen (secondary N) is 1. The molecule has 0 saturated heterocycles. The van der Waals surface area contributed by atoms with E-state index in [2.05, 4.69) is 41.4 Å². The maximum Gasteiger partial charge on any atom is 0.237 e. The zero-order valence-electron chi connectivity index (χ0n) is 12.8. The van der Waals surface area contributed by atoms with Crippen molar-refractivity contribution in [2.75, 3.05) is 7.05 Å². The second-order valence-electron chi connectivity index (χ2n) is 5.37. The average molecular weight is 302 g/mol. The first-order valence-electron chi connectivity index (χ1n) is 7.12. The summed E-state index contributed by atoms with van der Waals surface area (Å²) in [4.78, 5) is 15.4. The first-order chi connectivity index (χ1) is 10.1. The summed E-state index contributed by atoms with van der Waals surface area (Å²) in [6, 6.07) is 12.3. The van der Waals surface area contributed by atoms with Crippen LogP contribution >= 0.6 is 11.3 Å². The molecule has 0 aliphatic carbocycles. The van der Waals surface area contributed by atoms with Gasteiger partial charge in [-0.3, -0.25) is 9.69 Å². The second kappa shape index (κ2) is 7.38. The number of nitrogens with zero attached hydrogens (tertiary/aromatic N) is 1. The standard InChI is InChI=1S/C17H22N2OS/c1-13-6-8-15(9-7-13)12-19(3)14(2)17(20)18-11-16-5-4-10-21-16/h4-10,14H,11-12H2,1-3H3,(H,18,20). The fourth-order valence-electron chi connectivity index (χ4n) is 2.05. The fourth-order valence-corrected chi connectivity index (χ4v) is 2.70. The van der Waals surface area contributed by atoms with Gasteiger partial charge in [0.1, 0.15) is 0 Å². The highest BCUT2D eigenvalue weighted by molar-refractivity contribution is 7.09. The lowest BCUT2D eigenvalue weighted by Gasteiger charge is -2.24. The maximum atomic E-state index is 12.2. The first kappa shape index (κ1) is 15.7. The van der Waals surface area contributed by atoms with E-state index >= 15 is 0 Å². The number of carbonyl (C=O) groups is 1. The van der Waals surface area contributed by atoms with E-state index < -0.39 is 0 Å². The van der Waals surface area contributed by atoms with Gasteiger partial charge in [-0.1, -0.05) is 35.9 Å². The number of hydrogen-bond donors (Lipinski definition) is 1. The number of likely N-dealkylation sites (N-methyl/N-ethyl adjacent to an activating group) is 1. The predicted molar refractivity (Wildman–Crippen MR) is 88.3 cm³/mol. The molecule has 3 nitrogen and oxygen atoms in total. The minimum atomic E-state index is -0.147. The van der Waals surface area contributed by atoms with Gasteiger partial charge in [0.25, 0.3) is 0 Å². The lowest BCUT2D eigenvalue weighted by atomic mass is 10.1. The second-order valence-corrected chi connectivity index (χ2v) is 6.41. The normalized spacial score (nSPS) is 12.4. The van der Waals surface area contributed by atoms with Crippen molar-refractivity contribution in [2.24, 2.45) is 0 Å². The molecule has 1 atom stereocenters. The third kappa shape index (κ3) is 4.69. The van der Waals surface area contributed by atoms with Gasteiger partial charge >= 0.3 is 0 Å². The molecule has 0 saturated carbocycles. The molecule has 0 spiro atoms. The van der Waals surface area contributed by atoms with Gasteiger partial charge in [0, 0.05) is 11.4 Å². The van der Waals surface area contributed by atoms with E-state index in [9.17, 15) is 4.79 Å². The number of amides is 1. The molecule has 0 bridgehead atoms. The number of carbonyl (C=O) groups excluding carboxylic acids is 1. The molecule has 0 fully saturated rings. The molecule has 0 aliphatic heterocycles. The molecule has 1 N–H and O–H groups in total. The van der Waals surface area contributed by atoms with E-state index in [1.165, 1.54) is 16.0 Å². The third-order valence-electron chi connectivity index (χ3n) is 3.61. The van der Waals surface area contributed by atoms with Crippen LogP contribution in [-0.2, 0) is 17.9 Å². The molecule has 4 heteroatoms. The Morgan fingerprint density at radius 2 is 2.00 bits per heavy atom. The highest BCUT2D eigenvalue weighted by atomic mass is 32.1. The molecular weight excluding hydrogens is 280 g/mol. The lowest BCUT2D eigenvalue weighted by Crippen LogP contribution is -2.42. The molecule has 1 heterocycles. The van der Waals surface area contributed by atoms with Gasteiger partial charge in [-0.15, -0.1) is 11.3 Å². The van der Waals surface area contributed by atoms with E-state index in [1.807, 2.05) is 31.5 Å². The average Bonchev–Trinajstić information content (AvgIpc) is 2.99. The van der Waals surface area contributed by atoms with Crippen LogP contribution in [0.1, 0.15) is 22.9 Å². The van der Waals surface area contributed by atoms with E-state index in [-0.39, 0.29) is 11.9 Å². The summed E-state index contributed by atoms with van der Waals surface area (Å²) in [6.45, 7) is 5.40. The van der Waals surface area contributed by atoms with Crippen molar-refractivity contribution in [2.45, 2.75) is 33.0 Å². The summed E-state index contributed by atoms with van der Waals surface area (Å²) in [5.41, 5.74) is 2.48. The Bertz CT molecular complexity index is 563. The SMILES string of the molecule is Cc1ccc(CN(C)C(C)C(=O)NCc2cccs2)cc1. The molecule has 21 heavy (non-hydrogen) atoms. The minimum Gasteiger partial charge on any atom is -0.350 e. The number of hydrogen-bond acceptors (Lipinski definition) is 3. The van der Waals surface area contributed by atoms with Crippen LogP contribution in [0, 0.1) is 6.92 Å². The van der Waals surface area contributed by atoms with Crippen LogP contribution in [0.4, 0.5) is 0 Å². The maximum absolute atomic E-state index is 12.2. The van der Waals surface area contributed by atoms with Gasteiger partial charge in [0.2, 0.25) is 5.91 Å². The summed E-state index contributed by atoms with van der Waals surface area (Å²) in [5.74, 6) is 0.0676. The number of benzene rings is 1. The molecule has 1 aromatic carbocycles. The van der Waals surface area contributed by atoms with Crippen LogP contribution in [0.2, 0.25) is 0 Å². The molecule has 2 aromatic rings. The Labute approximate surface area is 130 Å². The van der Waals surface area contributed by atoms with Crippen molar-refractivity contribution in [3.8, 4) is 0 Å². The van der Waals surface area contributed by atoms with Crippen LogP contribution in [0.15, 0.2) is 41.8 Å². The van der Waals surface area contributed by atoms with Crippen LogP contribution in [0.5, 0.6) is 0 Å². The molecule has 0 aliphatic rings. The summed E-state index contributed by atoms with van der Waals surface area (Å²) >= 11 is 1.66. The van der Waals surface area contributed by atoms with Crippen molar-refractivity contribution in [1.82, 2.24) is 10.2 Å². The monoisotopic (exact) mass is 302 g/mol. The first-order valence-corrected chi connectivity index (χ1v) is 8.00. The Balaban J connectivity index is 1.84. The highest BCUT2D eigenvalue weighted by Gasteiger charge is 2.17. The van der Waals surface area contributed by atoms with Crippen molar-refractivity contribution < 1.29 is 4.79 Å². The number of aryl methyl sites for hydroxylation is 1. The predicted octanol–water partition coefficient (Wildman–Crippen LogP) is 3.19. The van der Waals surface area contributed by atoms with Crippen LogP contribution in [-0.4, -0.2) is 23.9 Å². The largest absolute Gasteiger partial charge is 0.350 e. The summed E-state index contributed by atoms with van der Waals surface area (Å²) in [6.07, 6.45) is 0. The van der Waals surface area contributed by atoms with Crippen molar-refractivity contribution in [3.05, 3.63) is 57.8 Å². The third-order valence-corrected chi connectivity index (χ3v) is 4.49. The Morgan fingerprint density at radius 3 is 2.62 bits per heavy atom. The molecule has 0 radical (unpaired) electrons. The fraction of sp³-hybridized carbons (Fsp3) is 0.353. The van der Waals surface area contributed by atoms with Crippen molar-refractivity contribution in [3.63, 3.8) is 0 Å². The van der Waals surface area contributed by atoms with E-state index in [1.54, 1.807) is 11.3 Å². The quantitative estimate of drug-likeness (QED) is 0.889. The smallest absolute Gasteiger partial charge is 0.237 e. The zero-order valence-corrected chi connectivity index (χ0v) is 13.6. The van der Waals surface area contributed by atoms with E-state index in [0.29, 0.717) is 6.54 Å². The van der Waals surface area contributed by atoms with E-state index in [0.717, 1.165) is 6.54 Å².